The molecule has 0 saturated heterocycles. The van der Waals surface area contributed by atoms with Crippen molar-refractivity contribution in [2.24, 2.45) is 11.8 Å². The molecule has 0 aliphatic heterocycles. The lowest BCUT2D eigenvalue weighted by Crippen LogP contribution is -2.41. The van der Waals surface area contributed by atoms with E-state index in [0.29, 0.717) is 6.04 Å². The number of hydrogen-bond acceptors (Lipinski definition) is 3. The molecular formula is C8H18N2O2. The van der Waals surface area contributed by atoms with Crippen LogP contribution >= 0.6 is 0 Å². The molecule has 0 aromatic carbocycles. The Balaban J connectivity index is 0.000000354. The van der Waals surface area contributed by atoms with Crippen LogP contribution < -0.4 is 11.3 Å². The largest absolute Gasteiger partial charge is 0.483 e. The first-order valence-electron chi connectivity index (χ1n) is 4.30. The van der Waals surface area contributed by atoms with E-state index < -0.39 is 0 Å². The van der Waals surface area contributed by atoms with Gasteiger partial charge in [0.05, 0.1) is 0 Å². The Labute approximate surface area is 73.1 Å². The highest BCUT2D eigenvalue weighted by Gasteiger charge is 2.18. The SMILES string of the molecule is C[C@H]1CCCC[C@H]1NN.O=CO. The Morgan fingerprint density at radius 2 is 2.00 bits per heavy atom. The van der Waals surface area contributed by atoms with Gasteiger partial charge in [-0.2, -0.15) is 0 Å². The lowest BCUT2D eigenvalue weighted by atomic mass is 9.86. The molecular weight excluding hydrogens is 156 g/mol. The predicted octanol–water partition coefficient (Wildman–Crippen LogP) is 0.729. The van der Waals surface area contributed by atoms with E-state index in [1.54, 1.807) is 0 Å². The smallest absolute Gasteiger partial charge is 0.290 e. The van der Waals surface area contributed by atoms with Crippen LogP contribution in [0.4, 0.5) is 0 Å². The fraction of sp³-hybridized carbons (Fsp3) is 0.875. The third-order valence-electron chi connectivity index (χ3n) is 2.33. The Hall–Kier alpha value is -0.610. The van der Waals surface area contributed by atoms with Gasteiger partial charge in [0.1, 0.15) is 0 Å². The first kappa shape index (κ1) is 11.4. The summed E-state index contributed by atoms with van der Waals surface area (Å²) in [5, 5.41) is 6.89. The molecule has 0 unspecified atom stereocenters. The normalized spacial score (nSPS) is 28.5. The third kappa shape index (κ3) is 4.31. The number of nitrogens with two attached hydrogens (primary N) is 1. The van der Waals surface area contributed by atoms with Crippen LogP contribution in [0.15, 0.2) is 0 Å². The molecule has 4 N–H and O–H groups in total. The first-order valence-corrected chi connectivity index (χ1v) is 4.30. The van der Waals surface area contributed by atoms with Crippen molar-refractivity contribution in [1.82, 2.24) is 5.43 Å². The van der Waals surface area contributed by atoms with E-state index in [9.17, 15) is 0 Å². The van der Waals surface area contributed by atoms with E-state index in [2.05, 4.69) is 12.3 Å². The average Bonchev–Trinajstić information content (AvgIpc) is 2.07. The Morgan fingerprint density at radius 3 is 2.33 bits per heavy atom. The lowest BCUT2D eigenvalue weighted by molar-refractivity contribution is -0.122. The summed E-state index contributed by atoms with van der Waals surface area (Å²) < 4.78 is 0. The summed E-state index contributed by atoms with van der Waals surface area (Å²) in [6, 6.07) is 0.582. The molecule has 1 aliphatic carbocycles. The molecule has 0 bridgehead atoms. The van der Waals surface area contributed by atoms with Gasteiger partial charge in [-0.1, -0.05) is 19.8 Å². The van der Waals surface area contributed by atoms with Crippen LogP contribution in [0.3, 0.4) is 0 Å². The second-order valence-electron chi connectivity index (χ2n) is 3.14. The van der Waals surface area contributed by atoms with Crippen LogP contribution in [0, 0.1) is 5.92 Å². The van der Waals surface area contributed by atoms with Gasteiger partial charge in [-0.15, -0.1) is 0 Å². The van der Waals surface area contributed by atoms with Gasteiger partial charge in [-0.3, -0.25) is 16.1 Å². The van der Waals surface area contributed by atoms with Crippen LogP contribution in [0.5, 0.6) is 0 Å². The van der Waals surface area contributed by atoms with E-state index >= 15 is 0 Å². The van der Waals surface area contributed by atoms with Gasteiger partial charge in [0, 0.05) is 6.04 Å². The fourth-order valence-electron chi connectivity index (χ4n) is 1.56. The van der Waals surface area contributed by atoms with Gasteiger partial charge in [-0.05, 0) is 18.8 Å². The van der Waals surface area contributed by atoms with E-state index in [1.807, 2.05) is 0 Å². The maximum atomic E-state index is 8.36. The number of nitrogens with one attached hydrogen (secondary N) is 1. The monoisotopic (exact) mass is 174 g/mol. The van der Waals surface area contributed by atoms with Crippen LogP contribution in [0.2, 0.25) is 0 Å². The second-order valence-corrected chi connectivity index (χ2v) is 3.14. The quantitative estimate of drug-likeness (QED) is 0.311. The highest BCUT2D eigenvalue weighted by molar-refractivity contribution is 5.32. The van der Waals surface area contributed by atoms with Gasteiger partial charge < -0.3 is 5.11 Å². The lowest BCUT2D eigenvalue weighted by Gasteiger charge is -2.27. The van der Waals surface area contributed by atoms with Gasteiger partial charge in [-0.25, -0.2) is 0 Å². The highest BCUT2D eigenvalue weighted by Crippen LogP contribution is 2.22. The zero-order chi connectivity index (χ0) is 9.40. The van der Waals surface area contributed by atoms with Crippen LogP contribution in [-0.2, 0) is 4.79 Å². The minimum atomic E-state index is -0.250. The molecule has 4 heteroatoms. The van der Waals surface area contributed by atoms with Gasteiger partial charge in [0.25, 0.3) is 6.47 Å². The molecule has 1 aliphatic rings. The zero-order valence-corrected chi connectivity index (χ0v) is 7.49. The molecule has 0 aromatic rings. The summed E-state index contributed by atoms with van der Waals surface area (Å²) in [6.45, 7) is 2.02. The minimum Gasteiger partial charge on any atom is -0.483 e. The van der Waals surface area contributed by atoms with Crippen molar-refractivity contribution in [1.29, 1.82) is 0 Å². The Kier molecular flexibility index (Phi) is 6.70. The summed E-state index contributed by atoms with van der Waals surface area (Å²) in [7, 11) is 0. The van der Waals surface area contributed by atoms with Crippen molar-refractivity contribution in [2.75, 3.05) is 0 Å². The summed E-state index contributed by atoms with van der Waals surface area (Å²) in [5.74, 6) is 6.12. The van der Waals surface area contributed by atoms with Gasteiger partial charge in [0.15, 0.2) is 0 Å². The van der Waals surface area contributed by atoms with E-state index in [1.165, 1.54) is 25.7 Å². The molecule has 0 radical (unpaired) electrons. The van der Waals surface area contributed by atoms with Crippen molar-refractivity contribution < 1.29 is 9.90 Å². The number of carboxylic acid groups (broad SMARTS) is 1. The van der Waals surface area contributed by atoms with E-state index in [4.69, 9.17) is 15.7 Å². The van der Waals surface area contributed by atoms with Crippen LogP contribution in [-0.4, -0.2) is 17.6 Å². The number of carbonyl (C=O) groups is 1. The Morgan fingerprint density at radius 1 is 1.50 bits per heavy atom. The average molecular weight is 174 g/mol. The van der Waals surface area contributed by atoms with Crippen molar-refractivity contribution >= 4 is 6.47 Å². The molecule has 0 spiro atoms. The van der Waals surface area contributed by atoms with Crippen molar-refractivity contribution in [3.8, 4) is 0 Å². The summed E-state index contributed by atoms with van der Waals surface area (Å²) >= 11 is 0. The third-order valence-corrected chi connectivity index (χ3v) is 2.33. The molecule has 1 fully saturated rings. The number of hydrazine groups is 1. The topological polar surface area (TPSA) is 75.3 Å². The maximum Gasteiger partial charge on any atom is 0.290 e. The van der Waals surface area contributed by atoms with E-state index in [0.717, 1.165) is 5.92 Å². The first-order chi connectivity index (χ1) is 5.76. The van der Waals surface area contributed by atoms with Crippen LogP contribution in [0.25, 0.3) is 0 Å². The summed E-state index contributed by atoms with van der Waals surface area (Å²) in [6.07, 6.45) is 5.34. The molecule has 0 heterocycles. The molecule has 2 atom stereocenters. The standard InChI is InChI=1S/C7H16N2.CH2O2/c1-6-4-2-3-5-7(6)9-8;2-1-3/h6-7,9H,2-5,8H2,1H3;1H,(H,2,3)/t6-,7+;/m0./s1. The molecule has 12 heavy (non-hydrogen) atoms. The molecule has 1 rings (SSSR count). The molecule has 72 valence electrons. The van der Waals surface area contributed by atoms with Gasteiger partial charge in [0.2, 0.25) is 0 Å². The molecule has 0 amide bonds. The van der Waals surface area contributed by atoms with Crippen molar-refractivity contribution in [2.45, 2.75) is 38.6 Å². The molecule has 4 nitrogen and oxygen atoms in total. The summed E-state index contributed by atoms with van der Waals surface area (Å²) in [4.78, 5) is 8.36. The predicted molar refractivity (Wildman–Crippen MR) is 47.4 cm³/mol. The maximum absolute atomic E-state index is 8.36. The van der Waals surface area contributed by atoms with Crippen molar-refractivity contribution in [3.63, 3.8) is 0 Å². The van der Waals surface area contributed by atoms with E-state index in [-0.39, 0.29) is 6.47 Å². The second kappa shape index (κ2) is 7.06. The van der Waals surface area contributed by atoms with Gasteiger partial charge >= 0.3 is 0 Å². The Bertz CT molecular complexity index is 120. The molecule has 0 aromatic heterocycles. The van der Waals surface area contributed by atoms with Crippen LogP contribution in [0.1, 0.15) is 32.6 Å². The number of hydrogen-bond donors (Lipinski definition) is 3. The summed E-state index contributed by atoms with van der Waals surface area (Å²) in [5.41, 5.74) is 2.85. The number of rotatable bonds is 1. The van der Waals surface area contributed by atoms with Crippen molar-refractivity contribution in [3.05, 3.63) is 0 Å². The molecule has 1 saturated carbocycles. The fourth-order valence-corrected chi connectivity index (χ4v) is 1.56. The minimum absolute atomic E-state index is 0.250. The highest BCUT2D eigenvalue weighted by atomic mass is 16.3. The zero-order valence-electron chi connectivity index (χ0n) is 7.49.